The Morgan fingerprint density at radius 2 is 0.619 bits per heavy atom. The van der Waals surface area contributed by atoms with Gasteiger partial charge in [-0.3, -0.25) is 24.0 Å². The topological polar surface area (TPSA) is 227 Å². The Kier molecular flexibility index (Phi) is 30.6. The van der Waals surface area contributed by atoms with Gasteiger partial charge in [-0.2, -0.15) is 0 Å². The lowest BCUT2D eigenvalue weighted by Crippen LogP contribution is -2.28. The SMILES string of the molecule is CC(=O)Oc1ccc2[nH]cc(CCN(C)C(C)C)c2c1.CC(=O)Oc1ccc2[nH]cc(CCN(C)C)c2c1.CCCN(C)CCc1c[nH]c2ccc(OC(C)=O)cc12.CCN(C)CCc1c[nH]c2ccc(OC(C)=O)cc12.CCN(CC)CCc1c[nH]c2ccc(OC(C)=O)cc12. The first-order chi connectivity index (χ1) is 46.4. The molecule has 522 valence electrons. The highest BCUT2D eigenvalue weighted by Crippen LogP contribution is 2.29. The lowest BCUT2D eigenvalue weighted by atomic mass is 10.1. The van der Waals surface area contributed by atoms with E-state index >= 15 is 0 Å². The third kappa shape index (κ3) is 24.8. The van der Waals surface area contributed by atoms with Gasteiger partial charge in [0.05, 0.1) is 0 Å². The fourth-order valence-corrected chi connectivity index (χ4v) is 11.0. The molecule has 97 heavy (non-hydrogen) atoms. The summed E-state index contributed by atoms with van der Waals surface area (Å²) in [7, 11) is 10.5. The van der Waals surface area contributed by atoms with Crippen molar-refractivity contribution in [3.05, 3.63) is 150 Å². The molecule has 20 nitrogen and oxygen atoms in total. The molecular formula is C77H104N10O10. The molecule has 0 saturated carbocycles. The van der Waals surface area contributed by atoms with Crippen LogP contribution < -0.4 is 23.7 Å². The molecule has 0 fully saturated rings. The van der Waals surface area contributed by atoms with Crippen molar-refractivity contribution in [2.45, 2.75) is 121 Å². The standard InChI is InChI=1S/3C16H22N2O2.C15H20N2O2.C14H18N2O2/c1-11(2)18(4)8-7-13-10-17-16-6-5-14(9-15(13)16)20-12(3)19;1-4-8-18(3)9-7-13-11-17-16-6-5-14(10-15(13)16)20-12(2)19;1-4-18(5-2)9-8-13-11-17-16-7-6-14(10-15(13)16)20-12(3)19;1-4-17(3)8-7-12-10-16-15-6-5-13(9-14(12)15)19-11(2)18;1-10(17)18-12-4-5-14-13(8-12)11(9-15-14)6-7-16(2)3/h5-6,9-11,17H,7-8H2,1-4H3;5-6,10-11,17H,4,7-9H2,1-3H3;6-7,10-11,17H,4-5,8-9H2,1-3H3;5-6,9-10,16H,4,7-8H2,1-3H3;4-5,8-9,15H,6-7H2,1-3H3. The zero-order chi connectivity index (χ0) is 70.7. The van der Waals surface area contributed by atoms with E-state index in [-0.39, 0.29) is 29.8 Å². The van der Waals surface area contributed by atoms with Crippen LogP contribution in [0.25, 0.3) is 54.5 Å². The molecule has 0 aliphatic carbocycles. The van der Waals surface area contributed by atoms with Crippen molar-refractivity contribution in [2.24, 2.45) is 0 Å². The summed E-state index contributed by atoms with van der Waals surface area (Å²) in [5, 5.41) is 5.64. The molecule has 5 aromatic heterocycles. The number of nitrogens with one attached hydrogen (secondary N) is 5. The number of hydrogen-bond donors (Lipinski definition) is 5. The molecule has 0 aliphatic heterocycles. The van der Waals surface area contributed by atoms with Crippen LogP contribution in [-0.2, 0) is 56.1 Å². The molecule has 0 amide bonds. The van der Waals surface area contributed by atoms with E-state index in [2.05, 4.69) is 126 Å². The van der Waals surface area contributed by atoms with Crippen LogP contribution in [0.5, 0.6) is 28.7 Å². The van der Waals surface area contributed by atoms with Crippen molar-refractivity contribution in [1.29, 1.82) is 0 Å². The number of ether oxygens (including phenoxy) is 5. The third-order valence-electron chi connectivity index (χ3n) is 16.7. The molecule has 0 bridgehead atoms. The average molecular weight is 1330 g/mol. The van der Waals surface area contributed by atoms with Gasteiger partial charge in [-0.15, -0.1) is 0 Å². The molecule has 0 atom stereocenters. The molecular weight excluding hydrogens is 1220 g/mol. The number of H-pyrrole nitrogens is 5. The normalized spacial score (nSPS) is 11.2. The molecule has 5 N–H and O–H groups in total. The molecule has 10 aromatic rings. The lowest BCUT2D eigenvalue weighted by molar-refractivity contribution is -0.132. The van der Waals surface area contributed by atoms with E-state index in [0.717, 1.165) is 146 Å². The lowest BCUT2D eigenvalue weighted by Gasteiger charge is -2.20. The van der Waals surface area contributed by atoms with Gasteiger partial charge >= 0.3 is 29.8 Å². The summed E-state index contributed by atoms with van der Waals surface area (Å²) in [5.74, 6) is 1.56. The fourth-order valence-electron chi connectivity index (χ4n) is 11.0. The Morgan fingerprint density at radius 3 is 0.866 bits per heavy atom. The summed E-state index contributed by atoms with van der Waals surface area (Å²) in [4.78, 5) is 82.8. The molecule has 20 heteroatoms. The van der Waals surface area contributed by atoms with Gasteiger partial charge in [-0.25, -0.2) is 0 Å². The Balaban J connectivity index is 0.000000192. The van der Waals surface area contributed by atoms with E-state index in [4.69, 9.17) is 23.7 Å². The van der Waals surface area contributed by atoms with Gasteiger partial charge < -0.3 is 73.1 Å². The quantitative estimate of drug-likeness (QED) is 0.0251. The summed E-state index contributed by atoms with van der Waals surface area (Å²) >= 11 is 0. The Labute approximate surface area is 572 Å². The summed E-state index contributed by atoms with van der Waals surface area (Å²) < 4.78 is 25.7. The van der Waals surface area contributed by atoms with Crippen LogP contribution in [0.2, 0.25) is 0 Å². The van der Waals surface area contributed by atoms with Crippen molar-refractivity contribution in [3.8, 4) is 28.7 Å². The van der Waals surface area contributed by atoms with E-state index < -0.39 is 0 Å². The number of aromatic nitrogens is 5. The van der Waals surface area contributed by atoms with Gasteiger partial charge in [0.2, 0.25) is 0 Å². The largest absolute Gasteiger partial charge is 0.427 e. The van der Waals surface area contributed by atoms with E-state index in [0.29, 0.717) is 34.8 Å². The summed E-state index contributed by atoms with van der Waals surface area (Å²) in [6.07, 6.45) is 16.2. The van der Waals surface area contributed by atoms with E-state index in [1.807, 2.05) is 116 Å². The second-order valence-electron chi connectivity index (χ2n) is 24.9. The number of esters is 5. The molecule has 5 aromatic carbocycles. The van der Waals surface area contributed by atoms with Crippen molar-refractivity contribution in [1.82, 2.24) is 49.4 Å². The maximum absolute atomic E-state index is 11.0. The van der Waals surface area contributed by atoms with E-state index in [1.165, 1.54) is 68.9 Å². The van der Waals surface area contributed by atoms with Crippen LogP contribution in [0, 0.1) is 0 Å². The van der Waals surface area contributed by atoms with Crippen LogP contribution in [-0.4, -0.2) is 179 Å². The highest BCUT2D eigenvalue weighted by atomic mass is 16.5. The van der Waals surface area contributed by atoms with Gasteiger partial charge in [0, 0.05) is 159 Å². The molecule has 0 saturated heterocycles. The van der Waals surface area contributed by atoms with Crippen LogP contribution in [0.15, 0.2) is 122 Å². The Bertz CT molecular complexity index is 4030. The molecule has 0 aliphatic rings. The zero-order valence-electron chi connectivity index (χ0n) is 60.0. The fraction of sp³-hybridized carbons (Fsp3) is 0.416. The number of aromatic amines is 5. The average Bonchev–Trinajstić information content (AvgIpc) is 1.75. The minimum atomic E-state index is -0.292. The first kappa shape index (κ1) is 77.0. The number of hydrogen-bond acceptors (Lipinski definition) is 15. The smallest absolute Gasteiger partial charge is 0.308 e. The maximum atomic E-state index is 11.0. The van der Waals surface area contributed by atoms with Crippen LogP contribution in [0.4, 0.5) is 0 Å². The third-order valence-corrected chi connectivity index (χ3v) is 16.7. The minimum Gasteiger partial charge on any atom is -0.427 e. The van der Waals surface area contributed by atoms with E-state index in [9.17, 15) is 24.0 Å². The zero-order valence-corrected chi connectivity index (χ0v) is 60.0. The number of fused-ring (bicyclic) bond motifs is 5. The highest BCUT2D eigenvalue weighted by Gasteiger charge is 2.14. The van der Waals surface area contributed by atoms with Gasteiger partial charge in [-0.05, 0) is 233 Å². The molecule has 0 unspecified atom stereocenters. The number of likely N-dealkylation sites (N-methyl/N-ethyl adjacent to an activating group) is 5. The number of carbonyl (C=O) groups excluding carboxylic acids is 5. The minimum absolute atomic E-state index is 0.287. The summed E-state index contributed by atoms with van der Waals surface area (Å²) in [6.45, 7) is 29.5. The van der Waals surface area contributed by atoms with Crippen LogP contribution in [0.1, 0.15) is 110 Å². The summed E-state index contributed by atoms with van der Waals surface area (Å²) in [6, 6.07) is 29.0. The van der Waals surface area contributed by atoms with Crippen molar-refractivity contribution < 1.29 is 47.7 Å². The Morgan fingerprint density at radius 1 is 0.351 bits per heavy atom. The molecule has 10 rings (SSSR count). The highest BCUT2D eigenvalue weighted by molar-refractivity contribution is 5.89. The maximum Gasteiger partial charge on any atom is 0.308 e. The number of carbonyl (C=O) groups is 5. The first-order valence-corrected chi connectivity index (χ1v) is 33.7. The summed E-state index contributed by atoms with van der Waals surface area (Å²) in [5.41, 5.74) is 11.6. The molecule has 0 radical (unpaired) electrons. The second-order valence-corrected chi connectivity index (χ2v) is 24.9. The monoisotopic (exact) mass is 1330 g/mol. The van der Waals surface area contributed by atoms with Crippen molar-refractivity contribution in [3.63, 3.8) is 0 Å². The number of benzene rings is 5. The Hall–Kier alpha value is -9.05. The van der Waals surface area contributed by atoms with Gasteiger partial charge in [-0.1, -0.05) is 27.7 Å². The van der Waals surface area contributed by atoms with Crippen LogP contribution in [0.3, 0.4) is 0 Å². The molecule has 0 spiro atoms. The van der Waals surface area contributed by atoms with Gasteiger partial charge in [0.25, 0.3) is 0 Å². The number of rotatable bonds is 26. The van der Waals surface area contributed by atoms with Crippen LogP contribution >= 0.6 is 0 Å². The van der Waals surface area contributed by atoms with Crippen molar-refractivity contribution in [2.75, 3.05) is 94.1 Å². The predicted molar refractivity (Wildman–Crippen MR) is 392 cm³/mol. The van der Waals surface area contributed by atoms with Gasteiger partial charge in [0.15, 0.2) is 0 Å². The van der Waals surface area contributed by atoms with Crippen molar-refractivity contribution >= 4 is 84.4 Å². The van der Waals surface area contributed by atoms with Gasteiger partial charge in [0.1, 0.15) is 28.7 Å². The predicted octanol–water partition coefficient (Wildman–Crippen LogP) is 13.7. The van der Waals surface area contributed by atoms with E-state index in [1.54, 1.807) is 6.07 Å². The number of nitrogens with zero attached hydrogens (tertiary/aromatic N) is 5. The first-order valence-electron chi connectivity index (χ1n) is 33.7. The second kappa shape index (κ2) is 38.6. The molecule has 5 heterocycles.